The molecular weight excluding hydrogens is 537 g/mol. The largest absolute Gasteiger partial charge is 0.134 e. The van der Waals surface area contributed by atoms with Crippen molar-refractivity contribution in [3.63, 3.8) is 0 Å². The normalized spacial score (nSPS) is 10.2. The minimum Gasteiger partial charge on any atom is -0.134 e. The van der Waals surface area contributed by atoms with Gasteiger partial charge in [-0.25, -0.2) is 0 Å². The third-order valence-electron chi connectivity index (χ3n) is 5.93. The minimum atomic E-state index is 0.896. The van der Waals surface area contributed by atoms with E-state index in [1.54, 1.807) is 45.3 Å². The van der Waals surface area contributed by atoms with Crippen molar-refractivity contribution < 1.29 is 0 Å². The zero-order valence-electron chi connectivity index (χ0n) is 21.9. The van der Waals surface area contributed by atoms with Crippen molar-refractivity contribution in [2.75, 3.05) is 0 Å². The molecule has 0 aliphatic rings. The van der Waals surface area contributed by atoms with Crippen LogP contribution in [0.2, 0.25) is 0 Å². The third-order valence-corrected chi connectivity index (χ3v) is 10.8. The van der Waals surface area contributed by atoms with Gasteiger partial charge in [-0.2, -0.15) is 0 Å². The molecule has 0 N–H and O–H groups in total. The molecule has 4 heteroatoms. The van der Waals surface area contributed by atoms with Crippen molar-refractivity contribution >= 4 is 45.3 Å². The number of rotatable bonds is 9. The molecule has 0 aliphatic heterocycles. The molecule has 0 bridgehead atoms. The maximum absolute atomic E-state index is 5.79. The Kier molecular flexibility index (Phi) is 10.5. The molecule has 0 atom stereocenters. The third kappa shape index (κ3) is 7.12. The lowest BCUT2D eigenvalue weighted by Crippen LogP contribution is -1.74. The second-order valence-electron chi connectivity index (χ2n) is 8.84. The van der Waals surface area contributed by atoms with Crippen LogP contribution in [-0.4, -0.2) is 0 Å². The van der Waals surface area contributed by atoms with Gasteiger partial charge < -0.3 is 0 Å². The molecular formula is C34H30S4. The van der Waals surface area contributed by atoms with Crippen LogP contribution in [0.3, 0.4) is 0 Å². The molecule has 0 spiro atoms. The van der Waals surface area contributed by atoms with Crippen molar-refractivity contribution in [1.29, 1.82) is 0 Å². The molecule has 0 aromatic carbocycles. The van der Waals surface area contributed by atoms with E-state index in [4.69, 9.17) is 12.8 Å². The summed E-state index contributed by atoms with van der Waals surface area (Å²) in [7, 11) is 0. The smallest absolute Gasteiger partial charge is 0.0931 e. The molecule has 0 nitrogen and oxygen atoms in total. The van der Waals surface area contributed by atoms with Crippen LogP contribution in [-0.2, 0) is 0 Å². The highest BCUT2D eigenvalue weighted by atomic mass is 32.1. The lowest BCUT2D eigenvalue weighted by atomic mass is 10.2. The quantitative estimate of drug-likeness (QED) is 0.140. The molecule has 0 saturated carbocycles. The SMILES string of the molecule is C#Cc1cc(-c2ccc(-c3ccc(-c4cc(C#C)c(C#CCCCCC)s4)s3)s2)sc1C#CCCCCC. The van der Waals surface area contributed by atoms with Gasteiger partial charge in [0.05, 0.1) is 20.9 Å². The Bertz CT molecular complexity index is 1460. The summed E-state index contributed by atoms with van der Waals surface area (Å²) in [5.74, 6) is 18.9. The summed E-state index contributed by atoms with van der Waals surface area (Å²) in [5.41, 5.74) is 1.79. The summed E-state index contributed by atoms with van der Waals surface area (Å²) < 4.78 is 0. The van der Waals surface area contributed by atoms with Gasteiger partial charge in [0.25, 0.3) is 0 Å². The molecule has 4 aromatic rings. The predicted octanol–water partition coefficient (Wildman–Crippen LogP) is 10.8. The Morgan fingerprint density at radius 2 is 0.947 bits per heavy atom. The zero-order valence-corrected chi connectivity index (χ0v) is 25.2. The fraction of sp³-hybridized carbons (Fsp3) is 0.294. The van der Waals surface area contributed by atoms with Crippen LogP contribution < -0.4 is 0 Å². The second-order valence-corrected chi connectivity index (χ2v) is 13.1. The molecule has 4 heterocycles. The molecule has 4 aromatic heterocycles. The fourth-order valence-electron chi connectivity index (χ4n) is 3.84. The van der Waals surface area contributed by atoms with E-state index in [2.05, 4.69) is 85.8 Å². The Morgan fingerprint density at radius 3 is 1.32 bits per heavy atom. The van der Waals surface area contributed by atoms with Gasteiger partial charge in [0.15, 0.2) is 0 Å². The molecule has 38 heavy (non-hydrogen) atoms. The maximum Gasteiger partial charge on any atom is 0.0931 e. The number of hydrogen-bond acceptors (Lipinski definition) is 4. The minimum absolute atomic E-state index is 0.896. The van der Waals surface area contributed by atoms with Crippen molar-refractivity contribution in [3.8, 4) is 77.6 Å². The standard InChI is InChI=1S/C34H30S4/c1-5-9-11-13-15-17-27-25(7-3)23-33(35-27)31-21-19-29(37-31)30-20-22-32(38-30)34-24-26(8-4)28(36-34)18-16-14-12-10-6-2/h3-4,19-24H,5-6,9-14H2,1-2H3. The Morgan fingerprint density at radius 1 is 0.553 bits per heavy atom. The highest BCUT2D eigenvalue weighted by Gasteiger charge is 2.14. The lowest BCUT2D eigenvalue weighted by Gasteiger charge is -1.91. The Hall–Kier alpha value is -2.96. The van der Waals surface area contributed by atoms with Crippen molar-refractivity contribution in [3.05, 3.63) is 57.3 Å². The monoisotopic (exact) mass is 566 g/mol. The van der Waals surface area contributed by atoms with Crippen LogP contribution in [0.25, 0.3) is 29.3 Å². The number of unbranched alkanes of at least 4 members (excludes halogenated alkanes) is 6. The van der Waals surface area contributed by atoms with Crippen LogP contribution in [0, 0.1) is 48.4 Å². The molecule has 0 fully saturated rings. The average Bonchev–Trinajstić information content (AvgIpc) is 3.73. The van der Waals surface area contributed by atoms with Gasteiger partial charge in [-0.15, -0.1) is 58.2 Å². The summed E-state index contributed by atoms with van der Waals surface area (Å²) in [4.78, 5) is 9.32. The van der Waals surface area contributed by atoms with Crippen LogP contribution in [0.4, 0.5) is 0 Å². The Balaban J connectivity index is 1.50. The molecule has 0 radical (unpaired) electrons. The zero-order chi connectivity index (χ0) is 26.7. The van der Waals surface area contributed by atoms with E-state index in [-0.39, 0.29) is 0 Å². The van der Waals surface area contributed by atoms with Crippen molar-refractivity contribution in [2.45, 2.75) is 65.2 Å². The topological polar surface area (TPSA) is 0 Å². The first-order valence-electron chi connectivity index (χ1n) is 13.1. The van der Waals surface area contributed by atoms with Gasteiger partial charge >= 0.3 is 0 Å². The van der Waals surface area contributed by atoms with Gasteiger partial charge in [-0.1, -0.05) is 75.1 Å². The van der Waals surface area contributed by atoms with Crippen LogP contribution in [0.15, 0.2) is 36.4 Å². The van der Waals surface area contributed by atoms with E-state index in [0.717, 1.165) is 46.6 Å². The van der Waals surface area contributed by atoms with Gasteiger partial charge in [0.2, 0.25) is 0 Å². The van der Waals surface area contributed by atoms with E-state index in [1.165, 1.54) is 54.9 Å². The molecule has 190 valence electrons. The van der Waals surface area contributed by atoms with Crippen LogP contribution in [0.5, 0.6) is 0 Å². The van der Waals surface area contributed by atoms with Gasteiger partial charge in [-0.3, -0.25) is 0 Å². The van der Waals surface area contributed by atoms with Crippen molar-refractivity contribution in [1.82, 2.24) is 0 Å². The van der Waals surface area contributed by atoms with E-state index >= 15 is 0 Å². The Labute approximate surface area is 244 Å². The highest BCUT2D eigenvalue weighted by Crippen LogP contribution is 2.43. The van der Waals surface area contributed by atoms with E-state index in [0.29, 0.717) is 0 Å². The summed E-state index contributed by atoms with van der Waals surface area (Å²) in [5, 5.41) is 0. The number of terminal acetylenes is 2. The molecule has 4 rings (SSSR count). The number of hydrogen-bond donors (Lipinski definition) is 0. The molecule has 0 unspecified atom stereocenters. The van der Waals surface area contributed by atoms with Gasteiger partial charge in [0.1, 0.15) is 0 Å². The van der Waals surface area contributed by atoms with Crippen LogP contribution in [0.1, 0.15) is 86.1 Å². The first kappa shape index (κ1) is 28.1. The second kappa shape index (κ2) is 14.3. The maximum atomic E-state index is 5.79. The summed E-state index contributed by atoms with van der Waals surface area (Å²) in [6.45, 7) is 4.42. The van der Waals surface area contributed by atoms with E-state index < -0.39 is 0 Å². The average molecular weight is 567 g/mol. The van der Waals surface area contributed by atoms with Gasteiger partial charge in [-0.05, 0) is 49.2 Å². The van der Waals surface area contributed by atoms with Gasteiger partial charge in [0, 0.05) is 42.1 Å². The lowest BCUT2D eigenvalue weighted by molar-refractivity contribution is 0.737. The summed E-state index contributed by atoms with van der Waals surface area (Å²) in [6.07, 6.45) is 20.6. The van der Waals surface area contributed by atoms with E-state index in [1.807, 2.05) is 0 Å². The number of thiophene rings is 4. The molecule has 0 aliphatic carbocycles. The van der Waals surface area contributed by atoms with E-state index in [9.17, 15) is 0 Å². The molecule has 0 amide bonds. The summed E-state index contributed by atoms with van der Waals surface area (Å²) >= 11 is 6.99. The summed E-state index contributed by atoms with van der Waals surface area (Å²) in [6, 6.07) is 13.0. The fourth-order valence-corrected chi connectivity index (χ4v) is 8.10. The van der Waals surface area contributed by atoms with Crippen LogP contribution >= 0.6 is 45.3 Å². The van der Waals surface area contributed by atoms with Crippen molar-refractivity contribution in [2.24, 2.45) is 0 Å². The first-order valence-corrected chi connectivity index (χ1v) is 16.3. The predicted molar refractivity (Wildman–Crippen MR) is 172 cm³/mol. The highest BCUT2D eigenvalue weighted by molar-refractivity contribution is 7.28. The molecule has 0 saturated heterocycles. The first-order chi connectivity index (χ1) is 18.7.